The number of nitrogens with two attached hydrogens (primary N) is 1. The van der Waals surface area contributed by atoms with E-state index in [-0.39, 0.29) is 0 Å². The molecule has 3 heterocycles. The minimum Gasteiger partial charge on any atom is -0.410 e. The Hall–Kier alpha value is -3.67. The number of oxime groups is 1. The maximum absolute atomic E-state index is 9.49. The Bertz CT molecular complexity index is 1060. The van der Waals surface area contributed by atoms with Gasteiger partial charge in [-0.15, -0.1) is 0 Å². The van der Waals surface area contributed by atoms with E-state index < -0.39 is 0 Å². The number of pyridine rings is 2. The molecule has 6 heteroatoms. The minimum atomic E-state index is 0.383. The highest BCUT2D eigenvalue weighted by atomic mass is 16.4. The van der Waals surface area contributed by atoms with Crippen LogP contribution in [0.15, 0.2) is 78.2 Å². The van der Waals surface area contributed by atoms with Crippen LogP contribution < -0.4 is 5.73 Å². The quantitative estimate of drug-likeness (QED) is 0.343. The van der Waals surface area contributed by atoms with E-state index in [1.807, 2.05) is 65.2 Å². The number of fused-ring (bicyclic) bond motifs is 1. The average Bonchev–Trinajstić information content (AvgIpc) is 2.99. The number of nitrogens with zero attached hydrogens (tertiary/aromatic N) is 4. The van der Waals surface area contributed by atoms with Crippen molar-refractivity contribution in [2.24, 2.45) is 5.16 Å². The molecule has 0 fully saturated rings. The molecule has 0 radical (unpaired) electrons. The molecule has 122 valence electrons. The number of rotatable bonds is 3. The zero-order chi connectivity index (χ0) is 17.2. The van der Waals surface area contributed by atoms with Gasteiger partial charge in [0.25, 0.3) is 0 Å². The molecule has 0 aliphatic rings. The monoisotopic (exact) mass is 329 g/mol. The topological polar surface area (TPSA) is 88.8 Å². The first kappa shape index (κ1) is 14.9. The highest BCUT2D eigenvalue weighted by Crippen LogP contribution is 2.27. The number of aromatic nitrogens is 3. The fourth-order valence-electron chi connectivity index (χ4n) is 2.85. The molecule has 6 nitrogen and oxygen atoms in total. The summed E-state index contributed by atoms with van der Waals surface area (Å²) in [4.78, 5) is 8.66. The maximum Gasteiger partial charge on any atom is 0.150 e. The number of nitrogen functional groups attached to an aromatic ring is 1. The minimum absolute atomic E-state index is 0.383. The Kier molecular flexibility index (Phi) is 3.63. The van der Waals surface area contributed by atoms with Gasteiger partial charge in [0.1, 0.15) is 11.4 Å². The number of benzene rings is 1. The van der Waals surface area contributed by atoms with Crippen molar-refractivity contribution in [3.05, 3.63) is 84.3 Å². The lowest BCUT2D eigenvalue weighted by Crippen LogP contribution is -2.07. The summed E-state index contributed by atoms with van der Waals surface area (Å²) >= 11 is 0. The molecule has 0 atom stereocenters. The maximum atomic E-state index is 9.49. The van der Waals surface area contributed by atoms with E-state index in [1.165, 1.54) is 0 Å². The third kappa shape index (κ3) is 2.59. The molecule has 0 bridgehead atoms. The van der Waals surface area contributed by atoms with Gasteiger partial charge in [-0.05, 0) is 24.3 Å². The van der Waals surface area contributed by atoms with Gasteiger partial charge in [0.2, 0.25) is 0 Å². The number of hydrogen-bond donors (Lipinski definition) is 2. The van der Waals surface area contributed by atoms with Gasteiger partial charge in [0.15, 0.2) is 5.82 Å². The average molecular weight is 329 g/mol. The molecule has 0 saturated heterocycles. The van der Waals surface area contributed by atoms with Crippen LogP contribution in [0, 0.1) is 0 Å². The van der Waals surface area contributed by atoms with Gasteiger partial charge in [-0.2, -0.15) is 0 Å². The Balaban J connectivity index is 1.91. The summed E-state index contributed by atoms with van der Waals surface area (Å²) in [6.45, 7) is 0. The van der Waals surface area contributed by atoms with Gasteiger partial charge in [0.05, 0.1) is 11.4 Å². The van der Waals surface area contributed by atoms with Crippen molar-refractivity contribution in [3.8, 4) is 11.3 Å². The summed E-state index contributed by atoms with van der Waals surface area (Å²) in [7, 11) is 0. The second kappa shape index (κ2) is 6.09. The second-order valence-corrected chi connectivity index (χ2v) is 5.52. The van der Waals surface area contributed by atoms with Crippen LogP contribution in [0.2, 0.25) is 0 Å². The predicted octanol–water partition coefficient (Wildman–Crippen LogP) is 3.21. The normalized spacial score (nSPS) is 11.8. The largest absolute Gasteiger partial charge is 0.410 e. The number of hydrogen-bond acceptors (Lipinski definition) is 5. The summed E-state index contributed by atoms with van der Waals surface area (Å²) in [6, 6.07) is 18.9. The van der Waals surface area contributed by atoms with Crippen LogP contribution in [0.25, 0.3) is 16.9 Å². The van der Waals surface area contributed by atoms with E-state index in [0.29, 0.717) is 22.8 Å². The van der Waals surface area contributed by atoms with E-state index in [9.17, 15) is 5.21 Å². The summed E-state index contributed by atoms with van der Waals surface area (Å²) in [5.74, 6) is 0.448. The van der Waals surface area contributed by atoms with Gasteiger partial charge in [-0.25, -0.2) is 4.98 Å². The van der Waals surface area contributed by atoms with Crippen LogP contribution in [0.4, 0.5) is 5.82 Å². The zero-order valence-electron chi connectivity index (χ0n) is 13.2. The highest BCUT2D eigenvalue weighted by Gasteiger charge is 2.15. The fraction of sp³-hybridized carbons (Fsp3) is 0. The van der Waals surface area contributed by atoms with Crippen LogP contribution in [-0.4, -0.2) is 25.3 Å². The van der Waals surface area contributed by atoms with E-state index in [4.69, 9.17) is 5.73 Å². The molecule has 4 rings (SSSR count). The SMILES string of the molecule is Nc1nc2ccc(C(=NO)c3ccccn3)cn2c1-c1ccccc1. The lowest BCUT2D eigenvalue weighted by atomic mass is 10.1. The molecule has 0 unspecified atom stereocenters. The fourth-order valence-corrected chi connectivity index (χ4v) is 2.85. The van der Waals surface area contributed by atoms with Crippen molar-refractivity contribution in [1.29, 1.82) is 0 Å². The zero-order valence-corrected chi connectivity index (χ0v) is 13.2. The standard InChI is InChI=1S/C19H15N5O/c20-19-18(13-6-2-1-3-7-13)24-12-14(9-10-16(24)22-19)17(23-25)15-8-4-5-11-21-15/h1-12,25H,20H2. The molecular formula is C19H15N5O. The number of imidazole rings is 1. The van der Waals surface area contributed by atoms with Crippen molar-refractivity contribution in [2.75, 3.05) is 5.73 Å². The second-order valence-electron chi connectivity index (χ2n) is 5.52. The Labute approximate surface area is 143 Å². The molecule has 25 heavy (non-hydrogen) atoms. The molecule has 0 saturated carbocycles. The van der Waals surface area contributed by atoms with Gasteiger partial charge in [-0.1, -0.05) is 41.6 Å². The van der Waals surface area contributed by atoms with Crippen LogP contribution in [0.3, 0.4) is 0 Å². The van der Waals surface area contributed by atoms with Crippen molar-refractivity contribution >= 4 is 17.2 Å². The Morgan fingerprint density at radius 2 is 1.80 bits per heavy atom. The first-order valence-corrected chi connectivity index (χ1v) is 7.75. The van der Waals surface area contributed by atoms with Gasteiger partial charge >= 0.3 is 0 Å². The van der Waals surface area contributed by atoms with Crippen LogP contribution in [-0.2, 0) is 0 Å². The molecular weight excluding hydrogens is 314 g/mol. The lowest BCUT2D eigenvalue weighted by Gasteiger charge is -2.07. The summed E-state index contributed by atoms with van der Waals surface area (Å²) in [6.07, 6.45) is 3.51. The number of anilines is 1. The van der Waals surface area contributed by atoms with E-state index in [0.717, 1.165) is 16.9 Å². The highest BCUT2D eigenvalue weighted by molar-refractivity contribution is 6.11. The predicted molar refractivity (Wildman–Crippen MR) is 96.7 cm³/mol. The molecule has 3 N–H and O–H groups in total. The molecule has 1 aromatic carbocycles. The van der Waals surface area contributed by atoms with Crippen LogP contribution in [0.5, 0.6) is 0 Å². The molecule has 0 aliphatic carbocycles. The van der Waals surface area contributed by atoms with Crippen LogP contribution >= 0.6 is 0 Å². The first-order valence-electron chi connectivity index (χ1n) is 7.75. The molecule has 0 amide bonds. The van der Waals surface area contributed by atoms with Gasteiger partial charge in [0, 0.05) is 23.5 Å². The van der Waals surface area contributed by atoms with Gasteiger partial charge < -0.3 is 10.9 Å². The summed E-state index contributed by atoms with van der Waals surface area (Å²) in [5, 5.41) is 12.9. The van der Waals surface area contributed by atoms with Crippen molar-refractivity contribution in [2.45, 2.75) is 0 Å². The van der Waals surface area contributed by atoms with Crippen molar-refractivity contribution in [1.82, 2.24) is 14.4 Å². The van der Waals surface area contributed by atoms with Crippen molar-refractivity contribution < 1.29 is 5.21 Å². The third-order valence-electron chi connectivity index (χ3n) is 3.97. The smallest absolute Gasteiger partial charge is 0.150 e. The Morgan fingerprint density at radius 3 is 2.52 bits per heavy atom. The van der Waals surface area contributed by atoms with E-state index >= 15 is 0 Å². The first-order chi connectivity index (χ1) is 12.3. The van der Waals surface area contributed by atoms with Gasteiger partial charge in [-0.3, -0.25) is 9.38 Å². The molecule has 0 aliphatic heterocycles. The van der Waals surface area contributed by atoms with Crippen LogP contribution in [0.1, 0.15) is 11.3 Å². The van der Waals surface area contributed by atoms with E-state index in [2.05, 4.69) is 15.1 Å². The lowest BCUT2D eigenvalue weighted by molar-refractivity contribution is 0.319. The van der Waals surface area contributed by atoms with Crippen molar-refractivity contribution in [3.63, 3.8) is 0 Å². The molecule has 0 spiro atoms. The summed E-state index contributed by atoms with van der Waals surface area (Å²) < 4.78 is 1.90. The molecule has 4 aromatic rings. The third-order valence-corrected chi connectivity index (χ3v) is 3.97. The van der Waals surface area contributed by atoms with E-state index in [1.54, 1.807) is 12.3 Å². The Morgan fingerprint density at radius 1 is 1.00 bits per heavy atom. The summed E-state index contributed by atoms with van der Waals surface area (Å²) in [5.41, 5.74) is 10.3. The molecule has 3 aromatic heterocycles.